The summed E-state index contributed by atoms with van der Waals surface area (Å²) in [4.78, 5) is 39.4. The maximum Gasteiger partial charge on any atom is 0.416 e. The third kappa shape index (κ3) is 7.76. The van der Waals surface area contributed by atoms with Crippen LogP contribution in [0.3, 0.4) is 0 Å². The molecule has 0 radical (unpaired) electrons. The Kier molecular flexibility index (Phi) is 10.1. The van der Waals surface area contributed by atoms with E-state index in [1.165, 1.54) is 12.1 Å². The van der Waals surface area contributed by atoms with E-state index in [0.29, 0.717) is 56.0 Å². The lowest BCUT2D eigenvalue weighted by atomic mass is 10.00. The number of nitrogens with zero attached hydrogens (tertiary/aromatic N) is 4. The highest BCUT2D eigenvalue weighted by molar-refractivity contribution is 6.04. The molecule has 2 aromatic carbocycles. The van der Waals surface area contributed by atoms with E-state index in [1.807, 2.05) is 57.0 Å². The van der Waals surface area contributed by atoms with E-state index in [4.69, 9.17) is 0 Å². The molecule has 1 aliphatic rings. The number of hydrogen-bond donors (Lipinski definition) is 2. The van der Waals surface area contributed by atoms with Gasteiger partial charge in [-0.25, -0.2) is 4.98 Å². The van der Waals surface area contributed by atoms with E-state index in [1.54, 1.807) is 17.2 Å². The number of pyridine rings is 1. The number of H-pyrrole nitrogens is 1. The average molecular weight is 635 g/mol. The summed E-state index contributed by atoms with van der Waals surface area (Å²) in [6.07, 6.45) is -1.44. The Hall–Kier alpha value is -4.22. The molecule has 46 heavy (non-hydrogen) atoms. The molecule has 1 aliphatic heterocycles. The molecule has 1 fully saturated rings. The minimum atomic E-state index is -4.57. The Labute approximate surface area is 267 Å². The van der Waals surface area contributed by atoms with Gasteiger partial charge in [-0.3, -0.25) is 14.5 Å². The lowest BCUT2D eigenvalue weighted by Crippen LogP contribution is -2.44. The van der Waals surface area contributed by atoms with Gasteiger partial charge in [0.25, 0.3) is 11.8 Å². The molecule has 2 N–H and O–H groups in total. The smallest absolute Gasteiger partial charge is 0.338 e. The van der Waals surface area contributed by atoms with Crippen LogP contribution in [0.15, 0.2) is 54.7 Å². The molecule has 0 unspecified atom stereocenters. The Morgan fingerprint density at radius 3 is 2.39 bits per heavy atom. The first-order valence-corrected chi connectivity index (χ1v) is 15.7. The van der Waals surface area contributed by atoms with E-state index >= 15 is 0 Å². The average Bonchev–Trinajstić information content (AvgIpc) is 3.46. The Balaban J connectivity index is 1.26. The van der Waals surface area contributed by atoms with Gasteiger partial charge in [-0.2, -0.15) is 13.2 Å². The number of alkyl halides is 3. The number of nitrogens with one attached hydrogen (secondary N) is 2. The highest BCUT2D eigenvalue weighted by Gasteiger charge is 2.34. The number of rotatable bonds is 10. The summed E-state index contributed by atoms with van der Waals surface area (Å²) in [7, 11) is 2.00. The molecule has 0 spiro atoms. The van der Waals surface area contributed by atoms with Gasteiger partial charge in [-0.15, -0.1) is 0 Å². The highest BCUT2D eigenvalue weighted by atomic mass is 19.4. The monoisotopic (exact) mass is 634 g/mol. The van der Waals surface area contributed by atoms with E-state index in [-0.39, 0.29) is 23.6 Å². The Bertz CT molecular complexity index is 1700. The van der Waals surface area contributed by atoms with Gasteiger partial charge < -0.3 is 20.1 Å². The second-order valence-corrected chi connectivity index (χ2v) is 12.0. The summed E-state index contributed by atoms with van der Waals surface area (Å²) in [6.45, 7) is 10.3. The maximum absolute atomic E-state index is 14.1. The molecule has 0 atom stereocenters. The third-order valence-electron chi connectivity index (χ3n) is 8.77. The van der Waals surface area contributed by atoms with Crippen molar-refractivity contribution in [2.75, 3.05) is 51.6 Å². The van der Waals surface area contributed by atoms with Crippen LogP contribution in [0.5, 0.6) is 0 Å². The van der Waals surface area contributed by atoms with E-state index in [2.05, 4.69) is 20.2 Å². The number of benzene rings is 2. The minimum Gasteiger partial charge on any atom is -0.338 e. The number of anilines is 1. The number of carbonyl (C=O) groups excluding carboxylic acids is 2. The van der Waals surface area contributed by atoms with Gasteiger partial charge in [0.05, 0.1) is 5.56 Å². The third-order valence-corrected chi connectivity index (χ3v) is 8.77. The number of carbonyl (C=O) groups is 2. The zero-order valence-corrected chi connectivity index (χ0v) is 26.8. The quantitative estimate of drug-likeness (QED) is 0.219. The van der Waals surface area contributed by atoms with Crippen molar-refractivity contribution in [2.45, 2.75) is 46.3 Å². The molecule has 3 heterocycles. The Morgan fingerprint density at radius 2 is 1.70 bits per heavy atom. The van der Waals surface area contributed by atoms with Gasteiger partial charge in [-0.05, 0) is 99.3 Å². The number of amides is 2. The first-order chi connectivity index (χ1) is 21.9. The number of halogens is 3. The lowest BCUT2D eigenvalue weighted by molar-refractivity contribution is -0.138. The van der Waals surface area contributed by atoms with Crippen LogP contribution in [0.4, 0.5) is 18.9 Å². The van der Waals surface area contributed by atoms with E-state index in [9.17, 15) is 22.8 Å². The largest absolute Gasteiger partial charge is 0.416 e. The number of hydrogen-bond acceptors (Lipinski definition) is 5. The van der Waals surface area contributed by atoms with Crippen LogP contribution >= 0.6 is 0 Å². The second-order valence-electron chi connectivity index (χ2n) is 12.0. The molecule has 4 aromatic rings. The summed E-state index contributed by atoms with van der Waals surface area (Å²) >= 11 is 0. The summed E-state index contributed by atoms with van der Waals surface area (Å²) in [5, 5.41) is 3.65. The molecule has 2 amide bonds. The minimum absolute atomic E-state index is 0.0405. The molecular formula is C35H41F3N6O2. The number of fused-ring (bicyclic) bond motifs is 1. The number of aryl methyl sites for hydroxylation is 3. The zero-order valence-electron chi connectivity index (χ0n) is 26.8. The lowest BCUT2D eigenvalue weighted by Gasteiger charge is -2.33. The second kappa shape index (κ2) is 14.0. The SMILES string of the molecule is CCN(CC)C(=O)c1cc2cc(CCc3cc(NC(=O)c4ccc(CN5CCN(C)CC5)c(C(F)(F)F)c4)ccc3C)cnc2[nH]1. The van der Waals surface area contributed by atoms with Crippen molar-refractivity contribution in [1.82, 2.24) is 24.7 Å². The van der Waals surface area contributed by atoms with Crippen molar-refractivity contribution >= 4 is 28.5 Å². The molecule has 0 saturated carbocycles. The number of likely N-dealkylation sites (N-methyl/N-ethyl adjacent to an activating group) is 1. The van der Waals surface area contributed by atoms with Crippen molar-refractivity contribution in [3.05, 3.63) is 93.8 Å². The van der Waals surface area contributed by atoms with Crippen molar-refractivity contribution in [3.8, 4) is 0 Å². The molecule has 5 rings (SSSR count). The van der Waals surface area contributed by atoms with Crippen molar-refractivity contribution in [1.29, 1.82) is 0 Å². The maximum atomic E-state index is 14.1. The van der Waals surface area contributed by atoms with Gasteiger partial charge >= 0.3 is 6.18 Å². The Morgan fingerprint density at radius 1 is 0.957 bits per heavy atom. The van der Waals surface area contributed by atoms with Crippen molar-refractivity contribution in [2.24, 2.45) is 0 Å². The fraction of sp³-hybridized carbons (Fsp3) is 0.400. The predicted octanol–water partition coefficient (Wildman–Crippen LogP) is 6.16. The van der Waals surface area contributed by atoms with Crippen LogP contribution in [0.1, 0.15) is 62.5 Å². The van der Waals surface area contributed by atoms with Gasteiger partial charge in [0.15, 0.2) is 0 Å². The number of aromatic nitrogens is 2. The number of piperazine rings is 1. The topological polar surface area (TPSA) is 84.6 Å². The summed E-state index contributed by atoms with van der Waals surface area (Å²) in [6, 6.07) is 13.2. The first-order valence-electron chi connectivity index (χ1n) is 15.7. The van der Waals surface area contributed by atoms with Crippen molar-refractivity contribution < 1.29 is 22.8 Å². The predicted molar refractivity (Wildman–Crippen MR) is 174 cm³/mol. The molecule has 244 valence electrons. The molecule has 2 aromatic heterocycles. The molecule has 0 bridgehead atoms. The first kappa shape index (κ1) is 33.2. The summed E-state index contributed by atoms with van der Waals surface area (Å²) in [5.41, 5.74) is 4.07. The van der Waals surface area contributed by atoms with Crippen LogP contribution in [-0.2, 0) is 25.6 Å². The molecule has 8 nitrogen and oxygen atoms in total. The highest BCUT2D eigenvalue weighted by Crippen LogP contribution is 2.34. The normalized spacial score (nSPS) is 14.5. The molecule has 1 saturated heterocycles. The van der Waals surface area contributed by atoms with Gasteiger partial charge in [0, 0.05) is 68.6 Å². The zero-order chi connectivity index (χ0) is 33.0. The van der Waals surface area contributed by atoms with Gasteiger partial charge in [-0.1, -0.05) is 12.1 Å². The van der Waals surface area contributed by atoms with E-state index in [0.717, 1.165) is 41.2 Å². The van der Waals surface area contributed by atoms with Crippen LogP contribution in [0.2, 0.25) is 0 Å². The van der Waals surface area contributed by atoms with Crippen LogP contribution < -0.4 is 5.32 Å². The molecular weight excluding hydrogens is 593 g/mol. The van der Waals surface area contributed by atoms with Gasteiger partial charge in [0.1, 0.15) is 11.3 Å². The standard InChI is InChI=1S/C35H41F3N6O2/c1-5-44(6-2)34(46)31-20-28-17-24(21-39-32(28)41-31)8-9-25-18-29(12-7-23(25)3)40-33(45)26-10-11-27(30(19-26)35(36,37)38)22-43-15-13-42(4)14-16-43/h7,10-12,17-21H,5-6,8-9,13-16,22H2,1-4H3,(H,39,41)(H,40,45). The fourth-order valence-corrected chi connectivity index (χ4v) is 5.86. The van der Waals surface area contributed by atoms with Crippen molar-refractivity contribution in [3.63, 3.8) is 0 Å². The van der Waals surface area contributed by atoms with Crippen LogP contribution in [0, 0.1) is 6.92 Å². The molecule has 0 aliphatic carbocycles. The van der Waals surface area contributed by atoms with Gasteiger partial charge in [0.2, 0.25) is 0 Å². The fourth-order valence-electron chi connectivity index (χ4n) is 5.86. The van der Waals surface area contributed by atoms with Crippen LogP contribution in [-0.4, -0.2) is 82.8 Å². The number of aromatic amines is 1. The van der Waals surface area contributed by atoms with E-state index < -0.39 is 17.6 Å². The summed E-state index contributed by atoms with van der Waals surface area (Å²) < 4.78 is 42.2. The molecule has 11 heteroatoms. The van der Waals surface area contributed by atoms with Crippen LogP contribution in [0.25, 0.3) is 11.0 Å². The summed E-state index contributed by atoms with van der Waals surface area (Å²) in [5.74, 6) is -0.654.